The van der Waals surface area contributed by atoms with Crippen molar-refractivity contribution in [3.63, 3.8) is 0 Å². The van der Waals surface area contributed by atoms with E-state index in [1.165, 1.54) is 11.5 Å². The molecule has 2 heterocycles. The number of nitrogens with zero attached hydrogens (tertiary/aromatic N) is 4. The maximum Gasteiger partial charge on any atom is 0.197 e. The number of ether oxygens (including phenoxy) is 1. The van der Waals surface area contributed by atoms with Crippen LogP contribution in [0.3, 0.4) is 0 Å². The molecule has 2 aromatic rings. The Morgan fingerprint density at radius 2 is 2.35 bits per heavy atom. The molecule has 7 heteroatoms. The predicted octanol–water partition coefficient (Wildman–Crippen LogP) is 1.10. The van der Waals surface area contributed by atoms with E-state index in [1.54, 1.807) is 13.3 Å². The van der Waals surface area contributed by atoms with Crippen LogP contribution in [0.5, 0.6) is 5.75 Å². The van der Waals surface area contributed by atoms with Crippen LogP contribution in [0.25, 0.3) is 0 Å². The minimum absolute atomic E-state index is 0.430. The number of hydrogen-bond acceptors (Lipinski definition) is 6. The van der Waals surface area contributed by atoms with Crippen LogP contribution in [0.15, 0.2) is 12.4 Å². The average Bonchev–Trinajstić information content (AvgIpc) is 2.86. The molecule has 0 bridgehead atoms. The van der Waals surface area contributed by atoms with Crippen molar-refractivity contribution in [2.24, 2.45) is 7.05 Å². The summed E-state index contributed by atoms with van der Waals surface area (Å²) < 4.78 is 11.3. The maximum absolute atomic E-state index is 5.72. The van der Waals surface area contributed by atoms with E-state index in [9.17, 15) is 0 Å². The summed E-state index contributed by atoms with van der Waals surface area (Å²) in [5, 5.41) is 0.910. The van der Waals surface area contributed by atoms with Gasteiger partial charge in [-0.15, -0.1) is 0 Å². The van der Waals surface area contributed by atoms with Crippen molar-refractivity contribution in [1.29, 1.82) is 0 Å². The largest absolute Gasteiger partial charge is 0.490 e. The number of aromatic nitrogens is 3. The van der Waals surface area contributed by atoms with Crippen molar-refractivity contribution in [2.75, 3.05) is 24.8 Å². The van der Waals surface area contributed by atoms with Crippen LogP contribution in [-0.4, -0.2) is 28.1 Å². The number of nitrogens with two attached hydrogens (primary N) is 1. The van der Waals surface area contributed by atoms with Crippen molar-refractivity contribution >= 4 is 22.4 Å². The van der Waals surface area contributed by atoms with Gasteiger partial charge in [0.15, 0.2) is 16.6 Å². The first kappa shape index (κ1) is 11.7. The first-order chi connectivity index (χ1) is 8.13. The highest BCUT2D eigenvalue weighted by Crippen LogP contribution is 2.37. The average molecular weight is 253 g/mol. The molecular weight excluding hydrogens is 238 g/mol. The van der Waals surface area contributed by atoms with Gasteiger partial charge in [-0.3, -0.25) is 0 Å². The SMILES string of the molecule is COc1c(N)nsc1N(C)Cc1nccn1C. The van der Waals surface area contributed by atoms with Crippen LogP contribution in [0.1, 0.15) is 5.82 Å². The van der Waals surface area contributed by atoms with Crippen molar-refractivity contribution < 1.29 is 4.74 Å². The number of hydrogen-bond donors (Lipinski definition) is 1. The smallest absolute Gasteiger partial charge is 0.197 e. The zero-order valence-electron chi connectivity index (χ0n) is 10.0. The Morgan fingerprint density at radius 3 is 2.94 bits per heavy atom. The molecule has 6 nitrogen and oxygen atoms in total. The van der Waals surface area contributed by atoms with Gasteiger partial charge >= 0.3 is 0 Å². The van der Waals surface area contributed by atoms with Gasteiger partial charge in [0, 0.05) is 26.5 Å². The van der Waals surface area contributed by atoms with E-state index in [0.717, 1.165) is 10.8 Å². The molecule has 92 valence electrons. The highest BCUT2D eigenvalue weighted by Gasteiger charge is 2.17. The molecule has 0 saturated carbocycles. The Bertz CT molecular complexity index is 507. The third-order valence-corrected chi connectivity index (χ3v) is 3.47. The normalized spacial score (nSPS) is 10.5. The monoisotopic (exact) mass is 253 g/mol. The lowest BCUT2D eigenvalue weighted by molar-refractivity contribution is 0.418. The Morgan fingerprint density at radius 1 is 1.59 bits per heavy atom. The number of methoxy groups -OCH3 is 1. The molecule has 2 aromatic heterocycles. The molecule has 2 N–H and O–H groups in total. The second kappa shape index (κ2) is 4.62. The number of nitrogen functional groups attached to an aromatic ring is 1. The summed E-state index contributed by atoms with van der Waals surface area (Å²) >= 11 is 1.33. The van der Waals surface area contributed by atoms with Crippen LogP contribution in [-0.2, 0) is 13.6 Å². The molecule has 0 spiro atoms. The van der Waals surface area contributed by atoms with E-state index in [0.29, 0.717) is 18.1 Å². The van der Waals surface area contributed by atoms with Gasteiger partial charge in [0.1, 0.15) is 5.82 Å². The van der Waals surface area contributed by atoms with Gasteiger partial charge < -0.3 is 19.9 Å². The first-order valence-corrected chi connectivity index (χ1v) is 5.87. The molecule has 0 aliphatic carbocycles. The second-order valence-electron chi connectivity index (χ2n) is 3.72. The first-order valence-electron chi connectivity index (χ1n) is 5.10. The number of rotatable bonds is 4. The molecule has 0 unspecified atom stereocenters. The van der Waals surface area contributed by atoms with Crippen LogP contribution in [0.4, 0.5) is 10.8 Å². The quantitative estimate of drug-likeness (QED) is 0.883. The summed E-state index contributed by atoms with van der Waals surface area (Å²) in [5.41, 5.74) is 5.72. The van der Waals surface area contributed by atoms with E-state index in [2.05, 4.69) is 9.36 Å². The summed E-state index contributed by atoms with van der Waals surface area (Å²) in [6.07, 6.45) is 3.70. The minimum atomic E-state index is 0.430. The highest BCUT2D eigenvalue weighted by atomic mass is 32.1. The van der Waals surface area contributed by atoms with E-state index < -0.39 is 0 Å². The maximum atomic E-state index is 5.72. The topological polar surface area (TPSA) is 69.2 Å². The molecule has 0 aliphatic heterocycles. The summed E-state index contributed by atoms with van der Waals surface area (Å²) in [6.45, 7) is 0.682. The van der Waals surface area contributed by atoms with Crippen molar-refractivity contribution in [3.05, 3.63) is 18.2 Å². The zero-order valence-corrected chi connectivity index (χ0v) is 10.9. The van der Waals surface area contributed by atoms with Crippen LogP contribution < -0.4 is 15.4 Å². The fraction of sp³-hybridized carbons (Fsp3) is 0.400. The van der Waals surface area contributed by atoms with Crippen LogP contribution in [0.2, 0.25) is 0 Å². The lowest BCUT2D eigenvalue weighted by Crippen LogP contribution is -2.18. The summed E-state index contributed by atoms with van der Waals surface area (Å²) in [5.74, 6) is 2.03. The lowest BCUT2D eigenvalue weighted by Gasteiger charge is -2.17. The van der Waals surface area contributed by atoms with Crippen molar-refractivity contribution in [3.8, 4) is 5.75 Å². The molecule has 0 amide bonds. The third kappa shape index (κ3) is 2.19. The summed E-state index contributed by atoms with van der Waals surface area (Å²) in [6, 6.07) is 0. The van der Waals surface area contributed by atoms with Crippen molar-refractivity contribution in [2.45, 2.75) is 6.54 Å². The van der Waals surface area contributed by atoms with Gasteiger partial charge in [0.05, 0.1) is 13.7 Å². The number of imidazole rings is 1. The second-order valence-corrected chi connectivity index (χ2v) is 4.47. The Balaban J connectivity index is 2.20. The molecule has 17 heavy (non-hydrogen) atoms. The summed E-state index contributed by atoms with van der Waals surface area (Å²) in [7, 11) is 5.52. The van der Waals surface area contributed by atoms with Gasteiger partial charge in [0.2, 0.25) is 0 Å². The van der Waals surface area contributed by atoms with Gasteiger partial charge in [-0.05, 0) is 11.5 Å². The molecule has 0 fully saturated rings. The van der Waals surface area contributed by atoms with Crippen LogP contribution >= 0.6 is 11.5 Å². The third-order valence-electron chi connectivity index (χ3n) is 2.51. The Hall–Kier alpha value is -1.76. The van der Waals surface area contributed by atoms with Crippen molar-refractivity contribution in [1.82, 2.24) is 13.9 Å². The predicted molar refractivity (Wildman–Crippen MR) is 68.4 cm³/mol. The van der Waals surface area contributed by atoms with E-state index in [4.69, 9.17) is 10.5 Å². The number of aryl methyl sites for hydroxylation is 1. The Kier molecular flexibility index (Phi) is 3.19. The molecule has 0 aliphatic rings. The molecule has 0 saturated heterocycles. The van der Waals surface area contributed by atoms with Gasteiger partial charge in [-0.1, -0.05) is 0 Å². The standard InChI is InChI=1S/C10H15N5OS/c1-14-5-4-12-7(14)6-15(2)10-8(16-3)9(11)13-17-10/h4-5H,6H2,1-3H3,(H2,11,13). The Labute approximate surface area is 104 Å². The van der Waals surface area contributed by atoms with E-state index in [-0.39, 0.29) is 0 Å². The van der Waals surface area contributed by atoms with E-state index >= 15 is 0 Å². The van der Waals surface area contributed by atoms with Gasteiger partial charge in [0.25, 0.3) is 0 Å². The number of anilines is 2. The zero-order chi connectivity index (χ0) is 12.4. The highest BCUT2D eigenvalue weighted by molar-refractivity contribution is 7.11. The molecule has 0 atom stereocenters. The molecule has 0 radical (unpaired) electrons. The van der Waals surface area contributed by atoms with E-state index in [1.807, 2.05) is 29.8 Å². The fourth-order valence-corrected chi connectivity index (χ4v) is 2.30. The fourth-order valence-electron chi connectivity index (χ4n) is 1.55. The van der Waals surface area contributed by atoms with Crippen LogP contribution in [0, 0.1) is 0 Å². The van der Waals surface area contributed by atoms with Gasteiger partial charge in [-0.25, -0.2) is 4.98 Å². The van der Waals surface area contributed by atoms with Gasteiger partial charge in [-0.2, -0.15) is 4.37 Å². The molecule has 0 aromatic carbocycles. The molecular formula is C10H15N5OS. The minimum Gasteiger partial charge on any atom is -0.490 e. The lowest BCUT2D eigenvalue weighted by atomic mass is 10.4. The summed E-state index contributed by atoms with van der Waals surface area (Å²) in [4.78, 5) is 6.30. The molecule has 2 rings (SSSR count).